The monoisotopic (exact) mass is 241 g/mol. The van der Waals surface area contributed by atoms with Crippen molar-refractivity contribution in [1.29, 1.82) is 0 Å². The highest BCUT2D eigenvalue weighted by atomic mass is 15.3. The summed E-state index contributed by atoms with van der Waals surface area (Å²) in [6.45, 7) is 16.0. The van der Waals surface area contributed by atoms with E-state index in [0.717, 1.165) is 12.5 Å². The maximum atomic E-state index is 6.02. The van der Waals surface area contributed by atoms with Crippen LogP contribution >= 0.6 is 0 Å². The number of hydrogen-bond donors (Lipinski definition) is 1. The van der Waals surface area contributed by atoms with Crippen LogP contribution in [0.1, 0.15) is 40.5 Å². The molecule has 102 valence electrons. The molecule has 1 heterocycles. The molecule has 0 aliphatic carbocycles. The van der Waals surface area contributed by atoms with E-state index in [1.54, 1.807) is 0 Å². The third-order valence-corrected chi connectivity index (χ3v) is 4.36. The fourth-order valence-corrected chi connectivity index (χ4v) is 3.04. The van der Waals surface area contributed by atoms with E-state index < -0.39 is 0 Å². The Hall–Kier alpha value is -0.120. The predicted octanol–water partition coefficient (Wildman–Crippen LogP) is 1.78. The van der Waals surface area contributed by atoms with Crippen molar-refractivity contribution in [3.8, 4) is 0 Å². The molecule has 0 aromatic heterocycles. The van der Waals surface area contributed by atoms with Gasteiger partial charge in [-0.3, -0.25) is 4.90 Å². The first-order valence-electron chi connectivity index (χ1n) is 7.25. The SMILES string of the molecule is CCC(CC)(CN)N1CCN(CC(C)C)CC1. The van der Waals surface area contributed by atoms with Crippen molar-refractivity contribution in [3.05, 3.63) is 0 Å². The van der Waals surface area contributed by atoms with Crippen molar-refractivity contribution < 1.29 is 0 Å². The van der Waals surface area contributed by atoms with Gasteiger partial charge in [-0.2, -0.15) is 0 Å². The molecule has 0 atom stereocenters. The number of rotatable bonds is 6. The van der Waals surface area contributed by atoms with Gasteiger partial charge in [0.15, 0.2) is 0 Å². The highest BCUT2D eigenvalue weighted by molar-refractivity contribution is 4.92. The van der Waals surface area contributed by atoms with Crippen LogP contribution in [0.15, 0.2) is 0 Å². The molecule has 0 bridgehead atoms. The van der Waals surface area contributed by atoms with E-state index in [2.05, 4.69) is 37.5 Å². The Morgan fingerprint density at radius 1 is 1.06 bits per heavy atom. The van der Waals surface area contributed by atoms with Gasteiger partial charge in [-0.05, 0) is 18.8 Å². The predicted molar refractivity (Wildman–Crippen MR) is 75.2 cm³/mol. The average Bonchev–Trinajstić information content (AvgIpc) is 2.33. The maximum Gasteiger partial charge on any atom is 0.0327 e. The van der Waals surface area contributed by atoms with Gasteiger partial charge in [-0.15, -0.1) is 0 Å². The fraction of sp³-hybridized carbons (Fsp3) is 1.00. The van der Waals surface area contributed by atoms with Gasteiger partial charge in [-0.1, -0.05) is 27.7 Å². The van der Waals surface area contributed by atoms with Crippen molar-refractivity contribution in [2.75, 3.05) is 39.3 Å². The van der Waals surface area contributed by atoms with Crippen LogP contribution in [0.4, 0.5) is 0 Å². The summed E-state index contributed by atoms with van der Waals surface area (Å²) in [4.78, 5) is 5.22. The van der Waals surface area contributed by atoms with Crippen LogP contribution in [-0.4, -0.2) is 54.6 Å². The number of nitrogens with two attached hydrogens (primary N) is 1. The molecule has 1 rings (SSSR count). The van der Waals surface area contributed by atoms with Crippen LogP contribution in [-0.2, 0) is 0 Å². The molecule has 1 aliphatic rings. The first kappa shape index (κ1) is 14.9. The molecule has 0 spiro atoms. The molecule has 0 radical (unpaired) electrons. The van der Waals surface area contributed by atoms with E-state index >= 15 is 0 Å². The molecule has 3 heteroatoms. The molecule has 3 nitrogen and oxygen atoms in total. The van der Waals surface area contributed by atoms with Gasteiger partial charge in [0.25, 0.3) is 0 Å². The second-order valence-corrected chi connectivity index (χ2v) is 5.82. The number of hydrogen-bond acceptors (Lipinski definition) is 3. The van der Waals surface area contributed by atoms with E-state index in [4.69, 9.17) is 5.73 Å². The quantitative estimate of drug-likeness (QED) is 0.769. The highest BCUT2D eigenvalue weighted by Crippen LogP contribution is 2.24. The minimum atomic E-state index is 0.254. The topological polar surface area (TPSA) is 32.5 Å². The minimum Gasteiger partial charge on any atom is -0.329 e. The molecule has 0 saturated carbocycles. The maximum absolute atomic E-state index is 6.02. The first-order chi connectivity index (χ1) is 8.07. The lowest BCUT2D eigenvalue weighted by Crippen LogP contribution is -2.60. The van der Waals surface area contributed by atoms with Gasteiger partial charge in [0.2, 0.25) is 0 Å². The van der Waals surface area contributed by atoms with Gasteiger partial charge < -0.3 is 10.6 Å². The van der Waals surface area contributed by atoms with Crippen LogP contribution in [0.25, 0.3) is 0 Å². The normalized spacial score (nSPS) is 20.1. The molecule has 0 aromatic rings. The molecule has 2 N–H and O–H groups in total. The standard InChI is InChI=1S/C14H31N3/c1-5-14(6-2,12-15)17-9-7-16(8-10-17)11-13(3)4/h13H,5-12,15H2,1-4H3. The molecular weight excluding hydrogens is 210 g/mol. The number of piperazine rings is 1. The lowest BCUT2D eigenvalue weighted by atomic mass is 9.90. The van der Waals surface area contributed by atoms with E-state index in [1.165, 1.54) is 45.6 Å². The van der Waals surface area contributed by atoms with Crippen molar-refractivity contribution in [2.45, 2.75) is 46.1 Å². The average molecular weight is 241 g/mol. The van der Waals surface area contributed by atoms with Crippen molar-refractivity contribution in [2.24, 2.45) is 11.7 Å². The fourth-order valence-electron chi connectivity index (χ4n) is 3.04. The zero-order valence-electron chi connectivity index (χ0n) is 12.2. The van der Waals surface area contributed by atoms with Crippen LogP contribution in [0.3, 0.4) is 0 Å². The molecule has 1 saturated heterocycles. The van der Waals surface area contributed by atoms with E-state index in [1.807, 2.05) is 0 Å². The molecule has 0 aromatic carbocycles. The van der Waals surface area contributed by atoms with Crippen LogP contribution in [0.5, 0.6) is 0 Å². The van der Waals surface area contributed by atoms with Crippen molar-refractivity contribution in [3.63, 3.8) is 0 Å². The van der Waals surface area contributed by atoms with Crippen molar-refractivity contribution >= 4 is 0 Å². The zero-order chi connectivity index (χ0) is 12.9. The lowest BCUT2D eigenvalue weighted by Gasteiger charge is -2.47. The van der Waals surface area contributed by atoms with E-state index in [-0.39, 0.29) is 5.54 Å². The summed E-state index contributed by atoms with van der Waals surface area (Å²) in [6, 6.07) is 0. The summed E-state index contributed by atoms with van der Waals surface area (Å²) in [7, 11) is 0. The molecule has 17 heavy (non-hydrogen) atoms. The van der Waals surface area contributed by atoms with E-state index in [9.17, 15) is 0 Å². The summed E-state index contributed by atoms with van der Waals surface area (Å²) in [5, 5.41) is 0. The number of nitrogens with zero attached hydrogens (tertiary/aromatic N) is 2. The lowest BCUT2D eigenvalue weighted by molar-refractivity contribution is 0.0274. The Kier molecular flexibility index (Phi) is 5.90. The minimum absolute atomic E-state index is 0.254. The summed E-state index contributed by atoms with van der Waals surface area (Å²) in [5.41, 5.74) is 6.27. The third kappa shape index (κ3) is 3.67. The molecule has 0 amide bonds. The summed E-state index contributed by atoms with van der Waals surface area (Å²) in [6.07, 6.45) is 2.34. The van der Waals surface area contributed by atoms with Crippen LogP contribution < -0.4 is 5.73 Å². The van der Waals surface area contributed by atoms with Gasteiger partial charge in [0.1, 0.15) is 0 Å². The summed E-state index contributed by atoms with van der Waals surface area (Å²) in [5.74, 6) is 0.776. The van der Waals surface area contributed by atoms with E-state index in [0.29, 0.717) is 0 Å². The molecule has 0 unspecified atom stereocenters. The summed E-state index contributed by atoms with van der Waals surface area (Å²) >= 11 is 0. The van der Waals surface area contributed by atoms with Gasteiger partial charge >= 0.3 is 0 Å². The zero-order valence-corrected chi connectivity index (χ0v) is 12.2. The third-order valence-electron chi connectivity index (χ3n) is 4.36. The summed E-state index contributed by atoms with van der Waals surface area (Å²) < 4.78 is 0. The molecular formula is C14H31N3. The Balaban J connectivity index is 2.50. The van der Waals surface area contributed by atoms with Crippen molar-refractivity contribution in [1.82, 2.24) is 9.80 Å². The smallest absolute Gasteiger partial charge is 0.0327 e. The highest BCUT2D eigenvalue weighted by Gasteiger charge is 2.33. The second kappa shape index (κ2) is 6.72. The molecule has 1 fully saturated rings. The Labute approximate surface area is 107 Å². The van der Waals surface area contributed by atoms with Gasteiger partial charge in [0, 0.05) is 44.8 Å². The van der Waals surface area contributed by atoms with Gasteiger partial charge in [-0.25, -0.2) is 0 Å². The first-order valence-corrected chi connectivity index (χ1v) is 7.25. The Morgan fingerprint density at radius 3 is 1.94 bits per heavy atom. The second-order valence-electron chi connectivity index (χ2n) is 5.82. The largest absolute Gasteiger partial charge is 0.329 e. The van der Waals surface area contributed by atoms with Crippen LogP contribution in [0, 0.1) is 5.92 Å². The van der Waals surface area contributed by atoms with Gasteiger partial charge in [0.05, 0.1) is 0 Å². The molecule has 1 aliphatic heterocycles. The Morgan fingerprint density at radius 2 is 1.59 bits per heavy atom. The Bertz CT molecular complexity index is 195. The van der Waals surface area contributed by atoms with Crippen LogP contribution in [0.2, 0.25) is 0 Å².